The molecule has 144 valence electrons. The molecule has 3 rings (SSSR count). The van der Waals surface area contributed by atoms with Crippen LogP contribution in [-0.2, 0) is 0 Å². The molecular weight excluding hydrogens is 374 g/mol. The van der Waals surface area contributed by atoms with Crippen LogP contribution in [0.1, 0.15) is 0 Å². The molecular formula is C18H20F2N4O2S. The fraction of sp³-hybridized carbons (Fsp3) is 0.278. The molecule has 1 heterocycles. The largest absolute Gasteiger partial charge is 0.494 e. The molecule has 0 aliphatic carbocycles. The van der Waals surface area contributed by atoms with Gasteiger partial charge in [-0.2, -0.15) is 0 Å². The normalized spacial score (nSPS) is 14.0. The number of halogens is 2. The van der Waals surface area contributed by atoms with Gasteiger partial charge in [0.25, 0.3) is 0 Å². The average Bonchev–Trinajstić information content (AvgIpc) is 2.67. The van der Waals surface area contributed by atoms with Crippen LogP contribution < -0.4 is 25.0 Å². The fourth-order valence-electron chi connectivity index (χ4n) is 2.70. The highest BCUT2D eigenvalue weighted by atomic mass is 32.1. The van der Waals surface area contributed by atoms with Crippen molar-refractivity contribution in [2.24, 2.45) is 0 Å². The van der Waals surface area contributed by atoms with Gasteiger partial charge in [0.2, 0.25) is 0 Å². The molecule has 2 aromatic rings. The maximum atomic E-state index is 14.0. The van der Waals surface area contributed by atoms with Gasteiger partial charge in [-0.1, -0.05) is 0 Å². The van der Waals surface area contributed by atoms with Crippen molar-refractivity contribution in [1.82, 2.24) is 10.2 Å². The molecule has 1 fully saturated rings. The molecule has 2 aromatic carbocycles. The van der Waals surface area contributed by atoms with Crippen LogP contribution in [0.15, 0.2) is 36.4 Å². The first-order valence-electron chi connectivity index (χ1n) is 8.20. The number of nitrogens with zero attached hydrogens (tertiary/aromatic N) is 2. The summed E-state index contributed by atoms with van der Waals surface area (Å²) in [5, 5.41) is 6.77. The van der Waals surface area contributed by atoms with Crippen molar-refractivity contribution in [3.8, 4) is 11.5 Å². The van der Waals surface area contributed by atoms with Crippen LogP contribution in [0.4, 0.5) is 20.2 Å². The first kappa shape index (κ1) is 19.0. The Balaban J connectivity index is 1.66. The summed E-state index contributed by atoms with van der Waals surface area (Å²) in [6, 6.07) is 9.41. The number of ether oxygens (including phenoxy) is 2. The number of hydrogen-bond acceptors (Lipinski definition) is 5. The van der Waals surface area contributed by atoms with Crippen LogP contribution in [0, 0.1) is 11.6 Å². The summed E-state index contributed by atoms with van der Waals surface area (Å²) in [4.78, 5) is 3.78. The summed E-state index contributed by atoms with van der Waals surface area (Å²) in [7, 11) is 2.84. The molecule has 1 aliphatic heterocycles. The van der Waals surface area contributed by atoms with Crippen LogP contribution in [0.5, 0.6) is 11.5 Å². The Bertz CT molecular complexity index is 837. The molecule has 9 heteroatoms. The molecule has 1 aliphatic rings. The maximum Gasteiger partial charge on any atom is 0.173 e. The van der Waals surface area contributed by atoms with Crippen molar-refractivity contribution in [3.63, 3.8) is 0 Å². The van der Waals surface area contributed by atoms with Crippen LogP contribution in [0.2, 0.25) is 0 Å². The van der Waals surface area contributed by atoms with Crippen LogP contribution in [0.3, 0.4) is 0 Å². The Morgan fingerprint density at radius 2 is 1.74 bits per heavy atom. The second-order valence-electron chi connectivity index (χ2n) is 5.86. The first-order chi connectivity index (χ1) is 13.0. The van der Waals surface area contributed by atoms with Gasteiger partial charge in [0.15, 0.2) is 28.2 Å². The molecule has 0 atom stereocenters. The highest BCUT2D eigenvalue weighted by Crippen LogP contribution is 2.25. The third kappa shape index (κ3) is 4.30. The minimum absolute atomic E-state index is 0.184. The number of rotatable bonds is 6. The predicted molar refractivity (Wildman–Crippen MR) is 104 cm³/mol. The highest BCUT2D eigenvalue weighted by molar-refractivity contribution is 7.80. The van der Waals surface area contributed by atoms with Gasteiger partial charge in [-0.3, -0.25) is 0 Å². The lowest BCUT2D eigenvalue weighted by Gasteiger charge is -2.39. The minimum atomic E-state index is -0.447. The van der Waals surface area contributed by atoms with E-state index >= 15 is 0 Å². The third-order valence-corrected chi connectivity index (χ3v) is 4.58. The van der Waals surface area contributed by atoms with Crippen molar-refractivity contribution in [3.05, 3.63) is 48.0 Å². The summed E-state index contributed by atoms with van der Waals surface area (Å²) >= 11 is 5.34. The number of thiocarbonyl (C=S) groups is 1. The Kier molecular flexibility index (Phi) is 5.80. The van der Waals surface area contributed by atoms with Crippen LogP contribution in [-0.4, -0.2) is 44.2 Å². The molecule has 1 saturated heterocycles. The predicted octanol–water partition coefficient (Wildman–Crippen LogP) is 2.96. The van der Waals surface area contributed by atoms with E-state index in [2.05, 4.69) is 10.6 Å². The van der Waals surface area contributed by atoms with E-state index in [0.29, 0.717) is 36.5 Å². The lowest BCUT2D eigenvalue weighted by molar-refractivity contribution is 0.383. The SMILES string of the molecule is COc1ccc(NCN2CN(c3ccc(OC)c(F)c3)CNC2=S)cc1F. The van der Waals surface area contributed by atoms with Gasteiger partial charge in [-0.15, -0.1) is 0 Å². The van der Waals surface area contributed by atoms with Gasteiger partial charge in [0, 0.05) is 23.5 Å². The van der Waals surface area contributed by atoms with Gasteiger partial charge < -0.3 is 29.9 Å². The molecule has 0 amide bonds. The van der Waals surface area contributed by atoms with E-state index in [1.807, 2.05) is 9.80 Å². The molecule has 0 aromatic heterocycles. The monoisotopic (exact) mass is 394 g/mol. The zero-order chi connectivity index (χ0) is 19.4. The Morgan fingerprint density at radius 1 is 1.07 bits per heavy atom. The third-order valence-electron chi connectivity index (χ3n) is 4.18. The number of anilines is 2. The molecule has 2 N–H and O–H groups in total. The number of hydrogen-bond donors (Lipinski definition) is 2. The number of benzene rings is 2. The Labute approximate surface area is 161 Å². The van der Waals surface area contributed by atoms with Crippen molar-refractivity contribution in [2.75, 3.05) is 44.4 Å². The quantitative estimate of drug-likeness (QED) is 0.731. The van der Waals surface area contributed by atoms with Crippen molar-refractivity contribution in [2.45, 2.75) is 0 Å². The molecule has 27 heavy (non-hydrogen) atoms. The van der Waals surface area contributed by atoms with Crippen molar-refractivity contribution >= 4 is 28.7 Å². The van der Waals surface area contributed by atoms with E-state index in [9.17, 15) is 8.78 Å². The zero-order valence-corrected chi connectivity index (χ0v) is 15.8. The van der Waals surface area contributed by atoms with E-state index in [0.717, 1.165) is 0 Å². The topological polar surface area (TPSA) is 49.0 Å². The molecule has 0 saturated carbocycles. The highest BCUT2D eigenvalue weighted by Gasteiger charge is 2.21. The minimum Gasteiger partial charge on any atom is -0.494 e. The van der Waals surface area contributed by atoms with Gasteiger partial charge in [0.05, 0.1) is 34.2 Å². The van der Waals surface area contributed by atoms with Crippen LogP contribution >= 0.6 is 12.2 Å². The number of methoxy groups -OCH3 is 2. The number of nitrogens with one attached hydrogen (secondary N) is 2. The van der Waals surface area contributed by atoms with Crippen LogP contribution in [0.25, 0.3) is 0 Å². The van der Waals surface area contributed by atoms with E-state index in [1.54, 1.807) is 24.3 Å². The van der Waals surface area contributed by atoms with E-state index in [4.69, 9.17) is 21.7 Å². The average molecular weight is 394 g/mol. The lowest BCUT2D eigenvalue weighted by Crippen LogP contribution is -2.57. The summed E-state index contributed by atoms with van der Waals surface area (Å²) < 4.78 is 37.6. The maximum absolute atomic E-state index is 14.0. The summed E-state index contributed by atoms with van der Waals surface area (Å²) in [6.45, 7) is 1.26. The standard InChI is InChI=1S/C18H20F2N4O2S/c1-25-16-5-3-12(7-14(16)19)21-9-24-11-23(10-22-18(24)27)13-4-6-17(26-2)15(20)8-13/h3-8,21H,9-11H2,1-2H3,(H,22,27). The molecule has 0 bridgehead atoms. The van der Waals surface area contributed by atoms with E-state index < -0.39 is 11.6 Å². The summed E-state index contributed by atoms with van der Waals surface area (Å²) in [6.07, 6.45) is 0. The molecule has 6 nitrogen and oxygen atoms in total. The second kappa shape index (κ2) is 8.26. The van der Waals surface area contributed by atoms with E-state index in [1.165, 1.54) is 26.4 Å². The van der Waals surface area contributed by atoms with Gasteiger partial charge in [-0.25, -0.2) is 8.78 Å². The fourth-order valence-corrected chi connectivity index (χ4v) is 2.89. The first-order valence-corrected chi connectivity index (χ1v) is 8.61. The van der Waals surface area contributed by atoms with E-state index in [-0.39, 0.29) is 11.5 Å². The Morgan fingerprint density at radius 3 is 2.37 bits per heavy atom. The van der Waals surface area contributed by atoms with Crippen molar-refractivity contribution < 1.29 is 18.3 Å². The van der Waals surface area contributed by atoms with Gasteiger partial charge in [-0.05, 0) is 36.5 Å². The smallest absolute Gasteiger partial charge is 0.173 e. The summed E-state index contributed by atoms with van der Waals surface area (Å²) in [5.41, 5.74) is 1.30. The van der Waals surface area contributed by atoms with Gasteiger partial charge >= 0.3 is 0 Å². The Hall–Kier alpha value is -2.81. The van der Waals surface area contributed by atoms with Gasteiger partial charge in [0.1, 0.15) is 0 Å². The molecule has 0 spiro atoms. The molecule has 0 radical (unpaired) electrons. The molecule has 0 unspecified atom stereocenters. The lowest BCUT2D eigenvalue weighted by atomic mass is 10.2. The van der Waals surface area contributed by atoms with Crippen molar-refractivity contribution in [1.29, 1.82) is 0 Å². The second-order valence-corrected chi connectivity index (χ2v) is 6.25. The summed E-state index contributed by atoms with van der Waals surface area (Å²) in [5.74, 6) is -0.499. The zero-order valence-electron chi connectivity index (χ0n) is 15.0.